The molecule has 2 fully saturated rings. The van der Waals surface area contributed by atoms with Crippen molar-refractivity contribution in [2.24, 2.45) is 17.6 Å². The van der Waals surface area contributed by atoms with Crippen LogP contribution in [0, 0.1) is 11.8 Å². The van der Waals surface area contributed by atoms with Crippen LogP contribution >= 0.6 is 0 Å². The van der Waals surface area contributed by atoms with Gasteiger partial charge in [-0.15, -0.1) is 0 Å². The smallest absolute Gasteiger partial charge is 0.225 e. The predicted molar refractivity (Wildman–Crippen MR) is 75.7 cm³/mol. The third kappa shape index (κ3) is 4.18. The Labute approximate surface area is 116 Å². The zero-order valence-corrected chi connectivity index (χ0v) is 12.1. The molecule has 0 unspecified atom stereocenters. The second-order valence-electron chi connectivity index (χ2n) is 6.14. The van der Waals surface area contributed by atoms with Gasteiger partial charge in [0, 0.05) is 25.6 Å². The van der Waals surface area contributed by atoms with Crippen LogP contribution in [0.3, 0.4) is 0 Å². The third-order valence-electron chi connectivity index (χ3n) is 4.59. The summed E-state index contributed by atoms with van der Waals surface area (Å²) in [5.74, 6) is 1.49. The third-order valence-corrected chi connectivity index (χ3v) is 4.59. The standard InChI is InChI=1S/C15H28N2O2/c1-12-2-4-13(5-3-12)15(18)17-9-6-14(7-10-17)19-11-8-16/h12-14H,2-11,16H2,1H3. The van der Waals surface area contributed by atoms with E-state index in [0.29, 0.717) is 25.2 Å². The van der Waals surface area contributed by atoms with Crippen LogP contribution in [0.2, 0.25) is 0 Å². The molecule has 1 saturated carbocycles. The molecule has 0 spiro atoms. The van der Waals surface area contributed by atoms with Gasteiger partial charge in [-0.2, -0.15) is 0 Å². The molecule has 1 saturated heterocycles. The van der Waals surface area contributed by atoms with Gasteiger partial charge in [0.1, 0.15) is 0 Å². The summed E-state index contributed by atoms with van der Waals surface area (Å²) >= 11 is 0. The summed E-state index contributed by atoms with van der Waals surface area (Å²) in [7, 11) is 0. The summed E-state index contributed by atoms with van der Waals surface area (Å²) in [6.45, 7) is 5.24. The topological polar surface area (TPSA) is 55.6 Å². The van der Waals surface area contributed by atoms with Crippen LogP contribution in [0.25, 0.3) is 0 Å². The van der Waals surface area contributed by atoms with Crippen LogP contribution in [0.1, 0.15) is 45.4 Å². The highest BCUT2D eigenvalue weighted by molar-refractivity contribution is 5.79. The number of carbonyl (C=O) groups is 1. The lowest BCUT2D eigenvalue weighted by molar-refractivity contribution is -0.139. The van der Waals surface area contributed by atoms with E-state index in [1.807, 2.05) is 0 Å². The number of ether oxygens (including phenoxy) is 1. The number of hydrogen-bond acceptors (Lipinski definition) is 3. The van der Waals surface area contributed by atoms with Gasteiger partial charge in [0.25, 0.3) is 0 Å². The fourth-order valence-electron chi connectivity index (χ4n) is 3.24. The lowest BCUT2D eigenvalue weighted by Crippen LogP contribution is -2.44. The van der Waals surface area contributed by atoms with Crippen molar-refractivity contribution in [2.45, 2.75) is 51.6 Å². The maximum atomic E-state index is 12.4. The molecule has 4 heteroatoms. The van der Waals surface area contributed by atoms with Gasteiger partial charge in [-0.05, 0) is 44.4 Å². The summed E-state index contributed by atoms with van der Waals surface area (Å²) in [6, 6.07) is 0. The van der Waals surface area contributed by atoms with Crippen LogP contribution in [0.4, 0.5) is 0 Å². The van der Waals surface area contributed by atoms with Crippen LogP contribution in [-0.2, 0) is 9.53 Å². The molecule has 110 valence electrons. The first-order chi connectivity index (χ1) is 9.20. The van der Waals surface area contributed by atoms with E-state index in [-0.39, 0.29) is 5.92 Å². The molecular formula is C15H28N2O2. The first-order valence-electron chi connectivity index (χ1n) is 7.81. The van der Waals surface area contributed by atoms with E-state index in [2.05, 4.69) is 11.8 Å². The lowest BCUT2D eigenvalue weighted by Gasteiger charge is -2.35. The van der Waals surface area contributed by atoms with Crippen molar-refractivity contribution in [2.75, 3.05) is 26.2 Å². The van der Waals surface area contributed by atoms with Gasteiger partial charge in [0.2, 0.25) is 5.91 Å². The van der Waals surface area contributed by atoms with E-state index in [1.54, 1.807) is 0 Å². The molecule has 1 aliphatic carbocycles. The Kier molecular flexibility index (Phi) is 5.64. The van der Waals surface area contributed by atoms with Gasteiger partial charge in [-0.1, -0.05) is 6.92 Å². The lowest BCUT2D eigenvalue weighted by atomic mass is 9.82. The van der Waals surface area contributed by atoms with E-state index in [1.165, 1.54) is 12.8 Å². The molecule has 19 heavy (non-hydrogen) atoms. The highest BCUT2D eigenvalue weighted by Crippen LogP contribution is 2.30. The summed E-state index contributed by atoms with van der Waals surface area (Å²) < 4.78 is 5.66. The summed E-state index contributed by atoms with van der Waals surface area (Å²) in [6.07, 6.45) is 6.84. The molecule has 1 heterocycles. The van der Waals surface area contributed by atoms with Crippen molar-refractivity contribution in [3.05, 3.63) is 0 Å². The van der Waals surface area contributed by atoms with E-state index >= 15 is 0 Å². The summed E-state index contributed by atoms with van der Waals surface area (Å²) in [5.41, 5.74) is 5.44. The predicted octanol–water partition coefficient (Wildman–Crippen LogP) is 1.78. The molecule has 4 nitrogen and oxygen atoms in total. The van der Waals surface area contributed by atoms with E-state index < -0.39 is 0 Å². The van der Waals surface area contributed by atoms with Crippen molar-refractivity contribution in [3.63, 3.8) is 0 Å². The molecule has 2 rings (SSSR count). The molecule has 0 aromatic carbocycles. The minimum absolute atomic E-state index is 0.290. The normalized spacial score (nSPS) is 29.5. The van der Waals surface area contributed by atoms with Crippen LogP contribution in [0.5, 0.6) is 0 Å². The summed E-state index contributed by atoms with van der Waals surface area (Å²) in [4.78, 5) is 14.5. The SMILES string of the molecule is CC1CCC(C(=O)N2CCC(OCCN)CC2)CC1. The van der Waals surface area contributed by atoms with E-state index in [9.17, 15) is 4.79 Å². The minimum atomic E-state index is 0.290. The number of nitrogens with two attached hydrogens (primary N) is 1. The van der Waals surface area contributed by atoms with Gasteiger partial charge in [-0.25, -0.2) is 0 Å². The fourth-order valence-corrected chi connectivity index (χ4v) is 3.24. The number of hydrogen-bond donors (Lipinski definition) is 1. The fraction of sp³-hybridized carbons (Fsp3) is 0.933. The number of likely N-dealkylation sites (tertiary alicyclic amines) is 1. The minimum Gasteiger partial charge on any atom is -0.377 e. The van der Waals surface area contributed by atoms with Gasteiger partial charge in [0.05, 0.1) is 12.7 Å². The van der Waals surface area contributed by atoms with Crippen LogP contribution < -0.4 is 5.73 Å². The first kappa shape index (κ1) is 14.8. The Balaban J connectivity index is 1.73. The van der Waals surface area contributed by atoms with Crippen LogP contribution in [-0.4, -0.2) is 43.2 Å². The highest BCUT2D eigenvalue weighted by atomic mass is 16.5. The average molecular weight is 268 g/mol. The highest BCUT2D eigenvalue weighted by Gasteiger charge is 2.30. The number of nitrogens with zero attached hydrogens (tertiary/aromatic N) is 1. The Morgan fingerprint density at radius 2 is 1.79 bits per heavy atom. The number of rotatable bonds is 4. The summed E-state index contributed by atoms with van der Waals surface area (Å²) in [5, 5.41) is 0. The number of amides is 1. The average Bonchev–Trinajstić information content (AvgIpc) is 2.46. The zero-order valence-electron chi connectivity index (χ0n) is 12.1. The number of carbonyl (C=O) groups excluding carboxylic acids is 1. The van der Waals surface area contributed by atoms with Crippen LogP contribution in [0.15, 0.2) is 0 Å². The monoisotopic (exact) mass is 268 g/mol. The van der Waals surface area contributed by atoms with Crippen molar-refractivity contribution in [3.8, 4) is 0 Å². The molecule has 0 aromatic heterocycles. The van der Waals surface area contributed by atoms with Crippen molar-refractivity contribution >= 4 is 5.91 Å². The van der Waals surface area contributed by atoms with Gasteiger partial charge in [0.15, 0.2) is 0 Å². The molecular weight excluding hydrogens is 240 g/mol. The van der Waals surface area contributed by atoms with Crippen molar-refractivity contribution in [1.29, 1.82) is 0 Å². The molecule has 2 N–H and O–H groups in total. The maximum absolute atomic E-state index is 12.4. The maximum Gasteiger partial charge on any atom is 0.225 e. The molecule has 0 aromatic rings. The van der Waals surface area contributed by atoms with E-state index in [4.69, 9.17) is 10.5 Å². The van der Waals surface area contributed by atoms with Gasteiger partial charge in [-0.3, -0.25) is 4.79 Å². The van der Waals surface area contributed by atoms with Gasteiger partial charge >= 0.3 is 0 Å². The second kappa shape index (κ2) is 7.25. The van der Waals surface area contributed by atoms with E-state index in [0.717, 1.165) is 44.7 Å². The van der Waals surface area contributed by atoms with Crippen molar-refractivity contribution < 1.29 is 9.53 Å². The largest absolute Gasteiger partial charge is 0.377 e. The quantitative estimate of drug-likeness (QED) is 0.845. The Morgan fingerprint density at radius 1 is 1.16 bits per heavy atom. The molecule has 1 amide bonds. The van der Waals surface area contributed by atoms with Gasteiger partial charge < -0.3 is 15.4 Å². The molecule has 0 bridgehead atoms. The van der Waals surface area contributed by atoms with Crippen molar-refractivity contribution in [1.82, 2.24) is 4.90 Å². The Morgan fingerprint density at radius 3 is 2.37 bits per heavy atom. The second-order valence-corrected chi connectivity index (χ2v) is 6.14. The first-order valence-corrected chi connectivity index (χ1v) is 7.81. The number of piperidine rings is 1. The Hall–Kier alpha value is -0.610. The Bertz CT molecular complexity index is 280. The molecule has 1 aliphatic heterocycles. The molecule has 2 aliphatic rings. The molecule has 0 atom stereocenters. The zero-order chi connectivity index (χ0) is 13.7. The molecule has 0 radical (unpaired) electrons.